The molecule has 2 aromatic carbocycles. The highest BCUT2D eigenvalue weighted by molar-refractivity contribution is 6.32. The molecule has 6 nitrogen and oxygen atoms in total. The molecule has 138 valence electrons. The maximum Gasteiger partial charge on any atom is 0.339 e. The van der Waals surface area contributed by atoms with Crippen LogP contribution in [0.1, 0.15) is 22.8 Å². The summed E-state index contributed by atoms with van der Waals surface area (Å²) in [4.78, 5) is 24.5. The molecule has 0 aliphatic rings. The molecule has 0 radical (unpaired) electrons. The Kier molecular flexibility index (Phi) is 6.46. The van der Waals surface area contributed by atoms with E-state index in [2.05, 4.69) is 5.32 Å². The number of carbonyl (C=O) groups is 2. The number of methoxy groups -OCH3 is 2. The Morgan fingerprint density at radius 1 is 1.08 bits per heavy atom. The number of hydrogen-bond donors (Lipinski definition) is 1. The van der Waals surface area contributed by atoms with Crippen molar-refractivity contribution in [3.05, 3.63) is 52.5 Å². The van der Waals surface area contributed by atoms with E-state index in [4.69, 9.17) is 25.8 Å². The van der Waals surface area contributed by atoms with Gasteiger partial charge in [-0.05, 0) is 38.1 Å². The van der Waals surface area contributed by atoms with Gasteiger partial charge in [-0.2, -0.15) is 0 Å². The van der Waals surface area contributed by atoms with E-state index in [1.54, 1.807) is 12.1 Å². The Labute approximate surface area is 157 Å². The largest absolute Gasteiger partial charge is 0.493 e. The SMILES string of the molecule is COc1cc(C(=O)O[C@H](C)C(=O)Nc2ccc(C)cc2)cc(Cl)c1OC. The van der Waals surface area contributed by atoms with Crippen LogP contribution in [0.15, 0.2) is 36.4 Å². The van der Waals surface area contributed by atoms with Gasteiger partial charge < -0.3 is 19.5 Å². The van der Waals surface area contributed by atoms with Crippen LogP contribution in [0.25, 0.3) is 0 Å². The first-order valence-corrected chi connectivity index (χ1v) is 8.23. The molecule has 2 aromatic rings. The van der Waals surface area contributed by atoms with Crippen molar-refractivity contribution in [3.8, 4) is 11.5 Å². The van der Waals surface area contributed by atoms with Crippen LogP contribution in [-0.4, -0.2) is 32.2 Å². The normalized spacial score (nSPS) is 11.4. The van der Waals surface area contributed by atoms with Crippen LogP contribution in [0, 0.1) is 6.92 Å². The van der Waals surface area contributed by atoms with Gasteiger partial charge in [-0.1, -0.05) is 29.3 Å². The maximum absolute atomic E-state index is 12.3. The lowest BCUT2D eigenvalue weighted by molar-refractivity contribution is -0.123. The fourth-order valence-corrected chi connectivity index (χ4v) is 2.49. The molecule has 0 saturated carbocycles. The molecule has 2 rings (SSSR count). The van der Waals surface area contributed by atoms with Crippen molar-refractivity contribution in [1.82, 2.24) is 0 Å². The summed E-state index contributed by atoms with van der Waals surface area (Å²) in [5.41, 5.74) is 1.85. The third-order valence-electron chi connectivity index (χ3n) is 3.64. The van der Waals surface area contributed by atoms with E-state index in [0.717, 1.165) is 5.56 Å². The summed E-state index contributed by atoms with van der Waals surface area (Å²) in [6, 6.07) is 10.1. The van der Waals surface area contributed by atoms with Gasteiger partial charge in [-0.25, -0.2) is 4.79 Å². The molecule has 0 bridgehead atoms. The highest BCUT2D eigenvalue weighted by Gasteiger charge is 2.21. The zero-order chi connectivity index (χ0) is 19.3. The van der Waals surface area contributed by atoms with Gasteiger partial charge in [-0.15, -0.1) is 0 Å². The lowest BCUT2D eigenvalue weighted by Crippen LogP contribution is -2.30. The number of rotatable bonds is 6. The second-order valence-electron chi connectivity index (χ2n) is 5.60. The van der Waals surface area contributed by atoms with Gasteiger partial charge in [-0.3, -0.25) is 4.79 Å². The van der Waals surface area contributed by atoms with Crippen molar-refractivity contribution >= 4 is 29.2 Å². The number of amides is 1. The summed E-state index contributed by atoms with van der Waals surface area (Å²) in [6.45, 7) is 3.44. The fourth-order valence-electron chi connectivity index (χ4n) is 2.20. The minimum absolute atomic E-state index is 0.155. The number of aryl methyl sites for hydroxylation is 1. The van der Waals surface area contributed by atoms with Crippen LogP contribution in [-0.2, 0) is 9.53 Å². The van der Waals surface area contributed by atoms with E-state index in [1.807, 2.05) is 19.1 Å². The van der Waals surface area contributed by atoms with Crippen LogP contribution in [0.5, 0.6) is 11.5 Å². The smallest absolute Gasteiger partial charge is 0.339 e. The molecule has 26 heavy (non-hydrogen) atoms. The van der Waals surface area contributed by atoms with E-state index in [1.165, 1.54) is 33.3 Å². The molecule has 1 amide bonds. The molecule has 0 fully saturated rings. The number of esters is 1. The van der Waals surface area contributed by atoms with Crippen molar-refractivity contribution in [2.75, 3.05) is 19.5 Å². The Balaban J connectivity index is 2.07. The molecule has 0 aliphatic heterocycles. The van der Waals surface area contributed by atoms with Gasteiger partial charge in [0.05, 0.1) is 24.8 Å². The predicted molar refractivity (Wildman–Crippen MR) is 99.2 cm³/mol. The molecule has 0 unspecified atom stereocenters. The topological polar surface area (TPSA) is 73.9 Å². The summed E-state index contributed by atoms with van der Waals surface area (Å²) in [5, 5.41) is 2.90. The third-order valence-corrected chi connectivity index (χ3v) is 3.92. The fraction of sp³-hybridized carbons (Fsp3) is 0.263. The van der Waals surface area contributed by atoms with E-state index >= 15 is 0 Å². The Morgan fingerprint density at radius 2 is 1.73 bits per heavy atom. The monoisotopic (exact) mass is 377 g/mol. The second kappa shape index (κ2) is 8.58. The van der Waals surface area contributed by atoms with E-state index < -0.39 is 18.0 Å². The van der Waals surface area contributed by atoms with Gasteiger partial charge in [0.2, 0.25) is 0 Å². The average Bonchev–Trinajstić information content (AvgIpc) is 2.62. The molecule has 0 aromatic heterocycles. The minimum atomic E-state index is -0.990. The first-order chi connectivity index (χ1) is 12.3. The first kappa shape index (κ1) is 19.6. The molecule has 1 N–H and O–H groups in total. The number of halogens is 1. The molecule has 0 spiro atoms. The number of carbonyl (C=O) groups excluding carboxylic acids is 2. The van der Waals surface area contributed by atoms with Crippen LogP contribution in [0.2, 0.25) is 5.02 Å². The number of anilines is 1. The molecular formula is C19H20ClNO5. The lowest BCUT2D eigenvalue weighted by Gasteiger charge is -2.15. The minimum Gasteiger partial charge on any atom is -0.493 e. The van der Waals surface area contributed by atoms with Gasteiger partial charge in [0.15, 0.2) is 17.6 Å². The summed E-state index contributed by atoms with van der Waals surface area (Å²) in [7, 11) is 2.88. The zero-order valence-electron chi connectivity index (χ0n) is 15.0. The number of hydrogen-bond acceptors (Lipinski definition) is 5. The predicted octanol–water partition coefficient (Wildman–Crippen LogP) is 3.85. The summed E-state index contributed by atoms with van der Waals surface area (Å²) in [5.74, 6) is -0.521. The van der Waals surface area contributed by atoms with Crippen molar-refractivity contribution in [3.63, 3.8) is 0 Å². The second-order valence-corrected chi connectivity index (χ2v) is 6.00. The Bertz CT molecular complexity index is 804. The maximum atomic E-state index is 12.3. The van der Waals surface area contributed by atoms with Crippen molar-refractivity contribution < 1.29 is 23.8 Å². The standard InChI is InChI=1S/C19H20ClNO5/c1-11-5-7-14(8-6-11)21-18(22)12(2)26-19(23)13-9-15(20)17(25-4)16(10-13)24-3/h5-10,12H,1-4H3,(H,21,22)/t12-/m1/s1. The van der Waals surface area contributed by atoms with E-state index in [0.29, 0.717) is 17.2 Å². The summed E-state index contributed by atoms with van der Waals surface area (Å²) < 4.78 is 15.5. The van der Waals surface area contributed by atoms with Crippen molar-refractivity contribution in [2.24, 2.45) is 0 Å². The van der Waals surface area contributed by atoms with E-state index in [-0.39, 0.29) is 10.6 Å². The number of benzene rings is 2. The quantitative estimate of drug-likeness (QED) is 0.774. The van der Waals surface area contributed by atoms with Gasteiger partial charge in [0.25, 0.3) is 5.91 Å². The third kappa shape index (κ3) is 4.67. The number of ether oxygens (including phenoxy) is 3. The lowest BCUT2D eigenvalue weighted by atomic mass is 10.2. The summed E-state index contributed by atoms with van der Waals surface area (Å²) in [6.07, 6.45) is -0.990. The van der Waals surface area contributed by atoms with Gasteiger partial charge in [0, 0.05) is 5.69 Å². The van der Waals surface area contributed by atoms with Crippen LogP contribution >= 0.6 is 11.6 Å². The zero-order valence-corrected chi connectivity index (χ0v) is 15.7. The molecule has 1 atom stereocenters. The van der Waals surface area contributed by atoms with Gasteiger partial charge >= 0.3 is 5.97 Å². The van der Waals surface area contributed by atoms with Crippen LogP contribution < -0.4 is 14.8 Å². The summed E-state index contributed by atoms with van der Waals surface area (Å²) >= 11 is 6.08. The molecule has 7 heteroatoms. The first-order valence-electron chi connectivity index (χ1n) is 7.85. The Hall–Kier alpha value is -2.73. The van der Waals surface area contributed by atoms with Crippen molar-refractivity contribution in [1.29, 1.82) is 0 Å². The number of nitrogens with one attached hydrogen (secondary N) is 1. The van der Waals surface area contributed by atoms with Crippen molar-refractivity contribution in [2.45, 2.75) is 20.0 Å². The average molecular weight is 378 g/mol. The van der Waals surface area contributed by atoms with Crippen LogP contribution in [0.3, 0.4) is 0 Å². The molecule has 0 aliphatic carbocycles. The molecule has 0 heterocycles. The molecular weight excluding hydrogens is 358 g/mol. The van der Waals surface area contributed by atoms with Gasteiger partial charge in [0.1, 0.15) is 0 Å². The van der Waals surface area contributed by atoms with E-state index in [9.17, 15) is 9.59 Å². The highest BCUT2D eigenvalue weighted by atomic mass is 35.5. The highest BCUT2D eigenvalue weighted by Crippen LogP contribution is 2.36. The Morgan fingerprint density at radius 3 is 2.31 bits per heavy atom. The van der Waals surface area contributed by atoms with Crippen LogP contribution in [0.4, 0.5) is 5.69 Å². The molecule has 0 saturated heterocycles.